The summed E-state index contributed by atoms with van der Waals surface area (Å²) in [4.78, 5) is 1.86. The monoisotopic (exact) mass is 249 g/mol. The molecule has 2 N–H and O–H groups in total. The minimum Gasteiger partial charge on any atom is -0.507 e. The molecule has 0 amide bonds. The molecule has 0 unspecified atom stereocenters. The number of hydrogen-bond acceptors (Lipinski definition) is 5. The molecule has 0 aliphatic rings. The lowest BCUT2D eigenvalue weighted by molar-refractivity contribution is 0.462. The number of aromatic hydroxyl groups is 1. The highest BCUT2D eigenvalue weighted by Crippen LogP contribution is 2.34. The maximum Gasteiger partial charge on any atom is 0.324 e. The van der Waals surface area contributed by atoms with E-state index in [4.69, 9.17) is 4.55 Å². The fourth-order valence-electron chi connectivity index (χ4n) is 0.961. The van der Waals surface area contributed by atoms with Crippen LogP contribution in [0.1, 0.15) is 0 Å². The van der Waals surface area contributed by atoms with Gasteiger partial charge in [0.15, 0.2) is 0 Å². The Morgan fingerprint density at radius 3 is 2.40 bits per heavy atom. The molecule has 84 valence electrons. The Labute approximate surface area is 91.9 Å². The van der Waals surface area contributed by atoms with Gasteiger partial charge in [-0.05, 0) is 18.2 Å². The number of rotatable bonds is 3. The van der Waals surface area contributed by atoms with E-state index in [2.05, 4.69) is 0 Å². The Morgan fingerprint density at radius 2 is 1.93 bits per heavy atom. The first-order chi connectivity index (χ1) is 6.79. The SMILES string of the molecule is CN(C)c1ccc(O)c(SS(=O)(=O)O)c1. The summed E-state index contributed by atoms with van der Waals surface area (Å²) in [6, 6.07) is 4.50. The van der Waals surface area contributed by atoms with E-state index in [0.717, 1.165) is 5.69 Å². The number of phenols is 1. The molecule has 0 spiro atoms. The number of anilines is 1. The van der Waals surface area contributed by atoms with Crippen LogP contribution < -0.4 is 4.90 Å². The molecule has 0 aliphatic carbocycles. The third-order valence-electron chi connectivity index (χ3n) is 1.65. The summed E-state index contributed by atoms with van der Waals surface area (Å²) in [5.74, 6) is -0.178. The Bertz CT molecular complexity index is 456. The van der Waals surface area contributed by atoms with Crippen molar-refractivity contribution in [2.75, 3.05) is 19.0 Å². The zero-order valence-electron chi connectivity index (χ0n) is 8.21. The Morgan fingerprint density at radius 1 is 1.33 bits per heavy atom. The average Bonchev–Trinajstić information content (AvgIpc) is 2.06. The van der Waals surface area contributed by atoms with Crippen molar-refractivity contribution in [3.05, 3.63) is 18.2 Å². The Balaban J connectivity index is 3.11. The summed E-state index contributed by atoms with van der Waals surface area (Å²) < 4.78 is 29.9. The lowest BCUT2D eigenvalue weighted by Gasteiger charge is -2.13. The lowest BCUT2D eigenvalue weighted by atomic mass is 10.3. The molecule has 5 nitrogen and oxygen atoms in total. The maximum atomic E-state index is 10.6. The molecule has 1 aromatic rings. The van der Waals surface area contributed by atoms with Crippen LogP contribution in [-0.4, -0.2) is 32.2 Å². The van der Waals surface area contributed by atoms with Gasteiger partial charge in [0.25, 0.3) is 0 Å². The highest BCUT2D eigenvalue weighted by molar-refractivity contribution is 8.70. The van der Waals surface area contributed by atoms with E-state index >= 15 is 0 Å². The van der Waals surface area contributed by atoms with Crippen molar-refractivity contribution >= 4 is 25.6 Å². The zero-order valence-corrected chi connectivity index (χ0v) is 9.84. The number of hydrogen-bond donors (Lipinski definition) is 2. The van der Waals surface area contributed by atoms with Gasteiger partial charge < -0.3 is 10.0 Å². The van der Waals surface area contributed by atoms with Crippen molar-refractivity contribution in [3.63, 3.8) is 0 Å². The zero-order chi connectivity index (χ0) is 11.6. The molecule has 0 fully saturated rings. The van der Waals surface area contributed by atoms with Crippen LogP contribution in [0.15, 0.2) is 23.1 Å². The maximum absolute atomic E-state index is 10.6. The van der Waals surface area contributed by atoms with Crippen LogP contribution in [0.5, 0.6) is 5.75 Å². The van der Waals surface area contributed by atoms with Crippen LogP contribution in [0.4, 0.5) is 5.69 Å². The standard InChI is InChI=1S/C8H11NO4S2/c1-9(2)6-3-4-7(10)8(5-6)14-15(11,12)13/h3-5,10H,1-2H3,(H,11,12,13). The third-order valence-corrected chi connectivity index (χ3v) is 3.54. The van der Waals surface area contributed by atoms with Gasteiger partial charge in [-0.2, -0.15) is 8.42 Å². The summed E-state index contributed by atoms with van der Waals surface area (Å²) in [6.45, 7) is 0. The molecule has 0 aliphatic heterocycles. The molecule has 0 saturated carbocycles. The van der Waals surface area contributed by atoms with Crippen molar-refractivity contribution in [1.82, 2.24) is 0 Å². The van der Waals surface area contributed by atoms with Gasteiger partial charge in [-0.15, -0.1) is 0 Å². The molecule has 0 aromatic heterocycles. The van der Waals surface area contributed by atoms with Crippen LogP contribution >= 0.6 is 10.8 Å². The highest BCUT2D eigenvalue weighted by atomic mass is 33.1. The lowest BCUT2D eigenvalue weighted by Crippen LogP contribution is -2.08. The van der Waals surface area contributed by atoms with Crippen LogP contribution in [0, 0.1) is 0 Å². The van der Waals surface area contributed by atoms with Crippen LogP contribution in [0.25, 0.3) is 0 Å². The topological polar surface area (TPSA) is 77.8 Å². The van der Waals surface area contributed by atoms with E-state index in [0.29, 0.717) is 0 Å². The molecule has 0 saturated heterocycles. The van der Waals surface area contributed by atoms with Crippen LogP contribution in [0.2, 0.25) is 0 Å². The molecule has 0 atom stereocenters. The van der Waals surface area contributed by atoms with Gasteiger partial charge in [-0.25, -0.2) is 0 Å². The van der Waals surface area contributed by atoms with E-state index in [1.54, 1.807) is 25.1 Å². The van der Waals surface area contributed by atoms with Crippen molar-refractivity contribution in [3.8, 4) is 5.75 Å². The first-order valence-corrected chi connectivity index (χ1v) is 6.74. The molecule has 1 rings (SSSR count). The van der Waals surface area contributed by atoms with Gasteiger partial charge >= 0.3 is 9.15 Å². The van der Waals surface area contributed by atoms with Gasteiger partial charge in [0.1, 0.15) is 5.75 Å². The summed E-state index contributed by atoms with van der Waals surface area (Å²) >= 11 is 0. The van der Waals surface area contributed by atoms with Gasteiger partial charge in [0.2, 0.25) is 0 Å². The fourth-order valence-corrected chi connectivity index (χ4v) is 2.59. The molecule has 7 heteroatoms. The minimum absolute atomic E-state index is 0.101. The predicted molar refractivity (Wildman–Crippen MR) is 59.8 cm³/mol. The second kappa shape index (κ2) is 4.30. The second-order valence-corrected chi connectivity index (χ2v) is 6.28. The fraction of sp³-hybridized carbons (Fsp3) is 0.250. The Hall–Kier alpha value is -0.920. The molecular formula is C8H11NO4S2. The van der Waals surface area contributed by atoms with Crippen molar-refractivity contribution in [2.45, 2.75) is 4.90 Å². The largest absolute Gasteiger partial charge is 0.507 e. The summed E-state index contributed by atoms with van der Waals surface area (Å²) in [6.07, 6.45) is 0. The summed E-state index contributed by atoms with van der Waals surface area (Å²) in [5, 5.41) is 9.37. The second-order valence-electron chi connectivity index (χ2n) is 3.06. The number of nitrogens with zero attached hydrogens (tertiary/aromatic N) is 1. The number of phenolic OH excluding ortho intramolecular Hbond substituents is 1. The van der Waals surface area contributed by atoms with E-state index in [1.807, 2.05) is 0 Å². The minimum atomic E-state index is -4.20. The van der Waals surface area contributed by atoms with E-state index < -0.39 is 9.15 Å². The van der Waals surface area contributed by atoms with E-state index in [-0.39, 0.29) is 21.4 Å². The van der Waals surface area contributed by atoms with Gasteiger partial charge in [-0.1, -0.05) is 0 Å². The molecule has 0 heterocycles. The first kappa shape index (κ1) is 12.2. The first-order valence-electron chi connectivity index (χ1n) is 3.97. The van der Waals surface area contributed by atoms with Crippen molar-refractivity contribution in [1.29, 1.82) is 0 Å². The normalized spacial score (nSPS) is 11.4. The van der Waals surface area contributed by atoms with E-state index in [1.165, 1.54) is 12.1 Å². The highest BCUT2D eigenvalue weighted by Gasteiger charge is 2.13. The van der Waals surface area contributed by atoms with Crippen molar-refractivity contribution in [2.24, 2.45) is 0 Å². The molecule has 1 aromatic carbocycles. The van der Waals surface area contributed by atoms with Crippen LogP contribution in [-0.2, 0) is 9.15 Å². The third kappa shape index (κ3) is 3.61. The number of benzene rings is 1. The van der Waals surface area contributed by atoms with Crippen LogP contribution in [0.3, 0.4) is 0 Å². The quantitative estimate of drug-likeness (QED) is 0.622. The molecule has 0 bridgehead atoms. The molecular weight excluding hydrogens is 238 g/mol. The Kier molecular flexibility index (Phi) is 3.48. The summed E-state index contributed by atoms with van der Waals surface area (Å²) in [7, 11) is -0.422. The molecule has 0 radical (unpaired) electrons. The van der Waals surface area contributed by atoms with Gasteiger partial charge in [0, 0.05) is 30.6 Å². The molecule has 15 heavy (non-hydrogen) atoms. The van der Waals surface area contributed by atoms with Gasteiger partial charge in [0.05, 0.1) is 4.90 Å². The van der Waals surface area contributed by atoms with Gasteiger partial charge in [-0.3, -0.25) is 4.55 Å². The van der Waals surface area contributed by atoms with Crippen molar-refractivity contribution < 1.29 is 18.1 Å². The summed E-state index contributed by atoms with van der Waals surface area (Å²) in [5.41, 5.74) is 0.735. The van der Waals surface area contributed by atoms with E-state index in [9.17, 15) is 13.5 Å². The predicted octanol–water partition coefficient (Wildman–Crippen LogP) is 1.35. The average molecular weight is 249 g/mol. The smallest absolute Gasteiger partial charge is 0.324 e.